The van der Waals surface area contributed by atoms with Crippen LogP contribution in [-0.4, -0.2) is 22.2 Å². The maximum Gasteiger partial charge on any atom is 0.0188 e. The van der Waals surface area contributed by atoms with E-state index in [4.69, 9.17) is 22.9 Å². The second-order valence-corrected chi connectivity index (χ2v) is 24.9. The molecule has 8 N–H and O–H groups in total. The maximum absolute atomic E-state index is 6.64. The van der Waals surface area contributed by atoms with Crippen molar-refractivity contribution < 1.29 is 0 Å². The molecule has 0 aliphatic heterocycles. The normalized spacial score (nSPS) is 57.6. The number of rotatable bonds is 1. The highest BCUT2D eigenvalue weighted by Gasteiger charge is 2.59. The van der Waals surface area contributed by atoms with Gasteiger partial charge < -0.3 is 22.9 Å². The summed E-state index contributed by atoms with van der Waals surface area (Å²) in [5.74, 6) is 9.63. The van der Waals surface area contributed by atoms with Gasteiger partial charge in [0, 0.05) is 22.2 Å². The highest BCUT2D eigenvalue weighted by Crippen LogP contribution is 2.66. The van der Waals surface area contributed by atoms with Crippen LogP contribution < -0.4 is 22.9 Å². The molecule has 17 rings (SSSR count). The Labute approximate surface area is 323 Å². The van der Waals surface area contributed by atoms with Crippen LogP contribution in [0.4, 0.5) is 0 Å². The highest BCUT2D eigenvalue weighted by molar-refractivity contribution is 5.31. The first-order chi connectivity index (χ1) is 25.0. The smallest absolute Gasteiger partial charge is 0.0188 e. The molecule has 4 heteroatoms. The average Bonchev–Trinajstić information content (AvgIpc) is 3.00. The van der Waals surface area contributed by atoms with E-state index in [2.05, 4.69) is 51.1 Å². The molecule has 0 aromatic heterocycles. The topological polar surface area (TPSA) is 104 Å². The molecular formula is C49H78N4. The SMILES string of the molecule is CC12CC3CC(C)(C1)CC(N)(C3)C2.CC1C2CC3CC(C2)CC1(N)C3.NC12CC3CC(C1)CC(c1ccccc1)(C3)C2.NC12CC3CC(CC(C3)C1)C2. The summed E-state index contributed by atoms with van der Waals surface area (Å²) >= 11 is 0. The summed E-state index contributed by atoms with van der Waals surface area (Å²) in [7, 11) is 0. The van der Waals surface area contributed by atoms with Crippen molar-refractivity contribution in [3.63, 3.8) is 0 Å². The van der Waals surface area contributed by atoms with E-state index in [9.17, 15) is 0 Å². The fourth-order valence-corrected chi connectivity index (χ4v) is 19.5. The summed E-state index contributed by atoms with van der Waals surface area (Å²) in [5.41, 5.74) is 30.1. The lowest BCUT2D eigenvalue weighted by Gasteiger charge is -2.64. The van der Waals surface area contributed by atoms with Crippen molar-refractivity contribution in [3.8, 4) is 0 Å². The van der Waals surface area contributed by atoms with Crippen LogP contribution in [0.15, 0.2) is 30.3 Å². The monoisotopic (exact) mass is 723 g/mol. The summed E-state index contributed by atoms with van der Waals surface area (Å²) in [4.78, 5) is 0. The van der Waals surface area contributed by atoms with Crippen LogP contribution in [-0.2, 0) is 5.41 Å². The summed E-state index contributed by atoms with van der Waals surface area (Å²) in [6.45, 7) is 7.33. The van der Waals surface area contributed by atoms with Crippen molar-refractivity contribution in [2.45, 2.75) is 196 Å². The van der Waals surface area contributed by atoms with E-state index in [1.807, 2.05) is 0 Å². The first-order valence-corrected chi connectivity index (χ1v) is 23.2. The molecule has 16 aliphatic rings. The van der Waals surface area contributed by atoms with Crippen LogP contribution >= 0.6 is 0 Å². The van der Waals surface area contributed by atoms with Crippen molar-refractivity contribution >= 4 is 0 Å². The molecule has 16 bridgehead atoms. The van der Waals surface area contributed by atoms with Gasteiger partial charge in [-0.15, -0.1) is 0 Å². The fraction of sp³-hybridized carbons (Fsp3) is 0.878. The number of hydrogen-bond acceptors (Lipinski definition) is 4. The molecule has 0 saturated heterocycles. The Morgan fingerprint density at radius 3 is 1.32 bits per heavy atom. The average molecular weight is 723 g/mol. The summed E-state index contributed by atoms with van der Waals surface area (Å²) in [5, 5.41) is 0. The van der Waals surface area contributed by atoms with E-state index in [0.29, 0.717) is 21.8 Å². The Kier molecular flexibility index (Phi) is 8.44. The Balaban J connectivity index is 0.0000000891. The first kappa shape index (κ1) is 36.4. The largest absolute Gasteiger partial charge is 0.325 e. The van der Waals surface area contributed by atoms with E-state index >= 15 is 0 Å². The molecule has 16 aliphatic carbocycles. The Morgan fingerprint density at radius 2 is 0.887 bits per heavy atom. The Hall–Kier alpha value is -0.940. The predicted molar refractivity (Wildman–Crippen MR) is 219 cm³/mol. The van der Waals surface area contributed by atoms with Gasteiger partial charge in [0.05, 0.1) is 0 Å². The van der Waals surface area contributed by atoms with Gasteiger partial charge in [-0.1, -0.05) is 51.1 Å². The van der Waals surface area contributed by atoms with E-state index in [0.717, 1.165) is 59.2 Å². The molecule has 7 atom stereocenters. The van der Waals surface area contributed by atoms with Crippen molar-refractivity contribution in [1.29, 1.82) is 0 Å². The number of hydrogen-bond donors (Lipinski definition) is 4. The summed E-state index contributed by atoms with van der Waals surface area (Å²) in [6.07, 6.45) is 32.1. The van der Waals surface area contributed by atoms with Crippen LogP contribution in [0.3, 0.4) is 0 Å². The first-order valence-electron chi connectivity index (χ1n) is 23.2. The zero-order valence-corrected chi connectivity index (χ0v) is 34.2. The van der Waals surface area contributed by atoms with Gasteiger partial charge in [0.25, 0.3) is 0 Å². The lowest BCUT2D eigenvalue weighted by molar-refractivity contribution is -0.104. The van der Waals surface area contributed by atoms with Gasteiger partial charge in [0.2, 0.25) is 0 Å². The minimum Gasteiger partial charge on any atom is -0.325 e. The van der Waals surface area contributed by atoms with E-state index < -0.39 is 0 Å². The van der Waals surface area contributed by atoms with Gasteiger partial charge in [-0.3, -0.25) is 0 Å². The quantitative estimate of drug-likeness (QED) is 0.232. The third kappa shape index (κ3) is 6.74. The van der Waals surface area contributed by atoms with Crippen molar-refractivity contribution in [2.24, 2.45) is 92.9 Å². The molecule has 1 aromatic carbocycles. The highest BCUT2D eigenvalue weighted by atomic mass is 14.8. The van der Waals surface area contributed by atoms with Crippen LogP contribution in [0.2, 0.25) is 0 Å². The summed E-state index contributed by atoms with van der Waals surface area (Å²) < 4.78 is 0. The van der Waals surface area contributed by atoms with Gasteiger partial charge in [-0.2, -0.15) is 0 Å². The maximum atomic E-state index is 6.64. The van der Waals surface area contributed by atoms with Gasteiger partial charge in [-0.05, 0) is 229 Å². The molecule has 0 radical (unpaired) electrons. The molecule has 16 fully saturated rings. The molecule has 16 saturated carbocycles. The van der Waals surface area contributed by atoms with Crippen LogP contribution in [0.5, 0.6) is 0 Å². The molecule has 53 heavy (non-hydrogen) atoms. The van der Waals surface area contributed by atoms with Crippen molar-refractivity contribution in [2.75, 3.05) is 0 Å². The minimum absolute atomic E-state index is 0.167. The molecule has 0 amide bonds. The van der Waals surface area contributed by atoms with Crippen LogP contribution in [0.1, 0.15) is 174 Å². The van der Waals surface area contributed by atoms with E-state index in [1.54, 1.807) is 5.56 Å². The number of benzene rings is 1. The van der Waals surface area contributed by atoms with Gasteiger partial charge in [-0.25, -0.2) is 0 Å². The standard InChI is InChI=1S/C16H21N.C12H21N.C11H19N.C10H17N/c17-16-9-12-6-13(10-16)8-15(7-12,11-16)14-4-2-1-3-5-14;1-10-3-9-4-11(2,6-10)8-12(13,5-9)7-10;1-7-10-3-8-2-9(4-10)6-11(7,12)5-8;11-10-4-7-1-8(5-10)3-9(2-7)6-10/h1-5,12-13H,6-11,17H2;9H,3-8,13H2,1-2H3;7-10H,2-6,12H2,1H3;7-9H,1-6,11H2. The molecule has 0 spiro atoms. The second kappa shape index (κ2) is 12.3. The Bertz CT molecular complexity index is 1420. The molecule has 294 valence electrons. The van der Waals surface area contributed by atoms with E-state index in [-0.39, 0.29) is 16.6 Å². The minimum atomic E-state index is 0.167. The molecule has 0 heterocycles. The predicted octanol–water partition coefficient (Wildman–Crippen LogP) is 10.0. The molecule has 1 aromatic rings. The summed E-state index contributed by atoms with van der Waals surface area (Å²) in [6, 6.07) is 11.2. The lowest BCUT2D eigenvalue weighted by atomic mass is 9.43. The molecular weight excluding hydrogens is 645 g/mol. The second-order valence-electron chi connectivity index (χ2n) is 24.9. The fourth-order valence-electron chi connectivity index (χ4n) is 19.5. The zero-order valence-electron chi connectivity index (χ0n) is 34.2. The van der Waals surface area contributed by atoms with Gasteiger partial charge >= 0.3 is 0 Å². The third-order valence-electron chi connectivity index (χ3n) is 19.1. The lowest BCUT2D eigenvalue weighted by Crippen LogP contribution is -2.62. The van der Waals surface area contributed by atoms with Gasteiger partial charge in [0.15, 0.2) is 0 Å². The third-order valence-corrected chi connectivity index (χ3v) is 19.1. The Morgan fingerprint density at radius 1 is 0.434 bits per heavy atom. The van der Waals surface area contributed by atoms with Crippen molar-refractivity contribution in [3.05, 3.63) is 35.9 Å². The van der Waals surface area contributed by atoms with Crippen LogP contribution in [0, 0.1) is 70.0 Å². The van der Waals surface area contributed by atoms with Crippen LogP contribution in [0.25, 0.3) is 0 Å². The number of nitrogens with two attached hydrogens (primary N) is 4. The molecule has 7 unspecified atom stereocenters. The van der Waals surface area contributed by atoms with E-state index in [1.165, 1.54) is 148 Å². The zero-order chi connectivity index (χ0) is 36.6. The van der Waals surface area contributed by atoms with Gasteiger partial charge in [0.1, 0.15) is 0 Å². The van der Waals surface area contributed by atoms with Crippen molar-refractivity contribution in [1.82, 2.24) is 0 Å². The molecule has 4 nitrogen and oxygen atoms in total.